The molecular weight excluding hydrogens is 219 g/mol. The molecule has 96 valence electrons. The lowest BCUT2D eigenvalue weighted by Gasteiger charge is -2.34. The molecule has 0 bridgehead atoms. The molecule has 1 aromatic rings. The van der Waals surface area contributed by atoms with Crippen molar-refractivity contribution in [1.29, 1.82) is 0 Å². The number of benzene rings is 1. The standard InChI is InChI=1S/C15H23BN2/c1-15(2)5-6-17-14-10-12-4-8-18(16)7-3-11(12)9-13(14)15/h9-10,17H,3-8,16H2,1-2H3. The largest absolute Gasteiger partial charge is 0.385 e. The fourth-order valence-electron chi connectivity index (χ4n) is 3.24. The first-order valence-corrected chi connectivity index (χ1v) is 7.15. The van der Waals surface area contributed by atoms with Crippen molar-refractivity contribution in [3.63, 3.8) is 0 Å². The van der Waals surface area contributed by atoms with Gasteiger partial charge >= 0.3 is 0 Å². The highest BCUT2D eigenvalue weighted by Gasteiger charge is 2.28. The van der Waals surface area contributed by atoms with Gasteiger partial charge in [0.25, 0.3) is 0 Å². The molecule has 2 aliphatic rings. The first-order valence-electron chi connectivity index (χ1n) is 7.15. The maximum atomic E-state index is 3.59. The van der Waals surface area contributed by atoms with E-state index in [9.17, 15) is 0 Å². The molecule has 1 N–H and O–H groups in total. The van der Waals surface area contributed by atoms with E-state index in [0.717, 1.165) is 6.54 Å². The summed E-state index contributed by atoms with van der Waals surface area (Å²) in [5, 5.41) is 3.59. The number of anilines is 1. The molecule has 0 aliphatic carbocycles. The van der Waals surface area contributed by atoms with E-state index in [1.54, 1.807) is 11.1 Å². The lowest BCUT2D eigenvalue weighted by molar-refractivity contribution is 0.475. The minimum atomic E-state index is 0.327. The molecule has 0 saturated heterocycles. The second-order valence-corrected chi connectivity index (χ2v) is 6.53. The molecular formula is C15H23BN2. The Balaban J connectivity index is 2.05. The van der Waals surface area contributed by atoms with Crippen LogP contribution in [0.2, 0.25) is 0 Å². The summed E-state index contributed by atoms with van der Waals surface area (Å²) < 4.78 is 0. The van der Waals surface area contributed by atoms with E-state index < -0.39 is 0 Å². The van der Waals surface area contributed by atoms with Crippen LogP contribution in [0.15, 0.2) is 12.1 Å². The lowest BCUT2D eigenvalue weighted by Crippen LogP contribution is -2.28. The summed E-state index contributed by atoms with van der Waals surface area (Å²) in [5.41, 5.74) is 6.37. The summed E-state index contributed by atoms with van der Waals surface area (Å²) in [4.78, 5) is 2.44. The highest BCUT2D eigenvalue weighted by Crippen LogP contribution is 2.38. The van der Waals surface area contributed by atoms with Crippen molar-refractivity contribution >= 4 is 13.7 Å². The van der Waals surface area contributed by atoms with Crippen molar-refractivity contribution in [3.05, 3.63) is 28.8 Å². The molecule has 0 aromatic heterocycles. The van der Waals surface area contributed by atoms with Crippen LogP contribution in [0, 0.1) is 0 Å². The second kappa shape index (κ2) is 4.31. The topological polar surface area (TPSA) is 15.3 Å². The van der Waals surface area contributed by atoms with Gasteiger partial charge in [-0.25, -0.2) is 0 Å². The van der Waals surface area contributed by atoms with Crippen molar-refractivity contribution in [2.45, 2.75) is 38.5 Å². The van der Waals surface area contributed by atoms with Gasteiger partial charge in [-0.15, -0.1) is 0 Å². The Morgan fingerprint density at radius 1 is 1.17 bits per heavy atom. The molecule has 0 amide bonds. The maximum absolute atomic E-state index is 3.59. The van der Waals surface area contributed by atoms with Crippen LogP contribution in [-0.2, 0) is 18.3 Å². The number of hydrogen-bond donors (Lipinski definition) is 1. The Labute approximate surface area is 111 Å². The quantitative estimate of drug-likeness (QED) is 0.697. The molecule has 0 radical (unpaired) electrons. The van der Waals surface area contributed by atoms with Crippen molar-refractivity contribution < 1.29 is 0 Å². The molecule has 3 rings (SSSR count). The van der Waals surface area contributed by atoms with Gasteiger partial charge in [0.2, 0.25) is 0 Å². The zero-order valence-electron chi connectivity index (χ0n) is 11.8. The Morgan fingerprint density at radius 3 is 2.56 bits per heavy atom. The predicted molar refractivity (Wildman–Crippen MR) is 80.1 cm³/mol. The Hall–Kier alpha value is -0.955. The first-order chi connectivity index (χ1) is 8.56. The normalized spacial score (nSPS) is 22.6. The van der Waals surface area contributed by atoms with E-state index in [-0.39, 0.29) is 0 Å². The van der Waals surface area contributed by atoms with E-state index in [4.69, 9.17) is 0 Å². The lowest BCUT2D eigenvalue weighted by atomic mass is 9.77. The summed E-state index contributed by atoms with van der Waals surface area (Å²) in [7, 11) is 2.23. The summed E-state index contributed by atoms with van der Waals surface area (Å²) in [6.45, 7) is 8.25. The van der Waals surface area contributed by atoms with E-state index >= 15 is 0 Å². The van der Waals surface area contributed by atoms with Crippen LogP contribution >= 0.6 is 0 Å². The number of hydrogen-bond acceptors (Lipinski definition) is 2. The average molecular weight is 242 g/mol. The third kappa shape index (κ3) is 2.05. The fourth-order valence-corrected chi connectivity index (χ4v) is 3.24. The number of fused-ring (bicyclic) bond motifs is 2. The molecule has 3 heteroatoms. The van der Waals surface area contributed by atoms with Crippen molar-refractivity contribution in [2.75, 3.05) is 25.0 Å². The zero-order chi connectivity index (χ0) is 12.8. The molecule has 0 unspecified atom stereocenters. The van der Waals surface area contributed by atoms with Crippen LogP contribution in [0.5, 0.6) is 0 Å². The van der Waals surface area contributed by atoms with Gasteiger partial charge in [0.1, 0.15) is 0 Å². The summed E-state index contributed by atoms with van der Waals surface area (Å²) in [6.07, 6.45) is 3.63. The van der Waals surface area contributed by atoms with Crippen LogP contribution in [0.1, 0.15) is 37.0 Å². The van der Waals surface area contributed by atoms with Gasteiger partial charge in [0.05, 0.1) is 0 Å². The van der Waals surface area contributed by atoms with E-state index in [1.165, 1.54) is 43.6 Å². The average Bonchev–Trinajstić information content (AvgIpc) is 2.50. The molecule has 2 aliphatic heterocycles. The predicted octanol–water partition coefficient (Wildman–Crippen LogP) is 1.73. The SMILES string of the molecule is BN1CCc2cc3c(cc2CC1)C(C)(C)CCN3. The molecule has 0 spiro atoms. The smallest absolute Gasteiger partial charge is 0.185 e. The molecule has 2 heterocycles. The number of nitrogens with zero attached hydrogens (tertiary/aromatic N) is 1. The van der Waals surface area contributed by atoms with Crippen LogP contribution in [0.25, 0.3) is 0 Å². The molecule has 1 aromatic carbocycles. The molecule has 2 nitrogen and oxygen atoms in total. The van der Waals surface area contributed by atoms with E-state index in [1.807, 2.05) is 0 Å². The van der Waals surface area contributed by atoms with Gasteiger partial charge in [-0.2, -0.15) is 0 Å². The van der Waals surface area contributed by atoms with Crippen LogP contribution in [-0.4, -0.2) is 32.4 Å². The fraction of sp³-hybridized carbons (Fsp3) is 0.600. The van der Waals surface area contributed by atoms with Gasteiger partial charge in [-0.05, 0) is 60.5 Å². The van der Waals surface area contributed by atoms with Crippen molar-refractivity contribution in [3.8, 4) is 0 Å². The third-order valence-electron chi connectivity index (χ3n) is 4.66. The number of nitrogens with one attached hydrogen (secondary N) is 1. The maximum Gasteiger partial charge on any atom is 0.185 e. The first kappa shape index (κ1) is 12.1. The number of rotatable bonds is 0. The third-order valence-corrected chi connectivity index (χ3v) is 4.66. The van der Waals surface area contributed by atoms with E-state index in [0.29, 0.717) is 5.41 Å². The van der Waals surface area contributed by atoms with Crippen LogP contribution < -0.4 is 5.32 Å². The second-order valence-electron chi connectivity index (χ2n) is 6.53. The molecule has 0 fully saturated rings. The van der Waals surface area contributed by atoms with Crippen molar-refractivity contribution in [2.24, 2.45) is 0 Å². The summed E-state index contributed by atoms with van der Waals surface area (Å²) in [6, 6.07) is 4.90. The minimum absolute atomic E-state index is 0.327. The van der Waals surface area contributed by atoms with Gasteiger partial charge in [-0.1, -0.05) is 19.9 Å². The van der Waals surface area contributed by atoms with Gasteiger partial charge in [-0.3, -0.25) is 0 Å². The van der Waals surface area contributed by atoms with Crippen LogP contribution in [0.3, 0.4) is 0 Å². The Kier molecular flexibility index (Phi) is 2.89. The van der Waals surface area contributed by atoms with Crippen LogP contribution in [0.4, 0.5) is 5.69 Å². The van der Waals surface area contributed by atoms with E-state index in [2.05, 4.69) is 44.1 Å². The Morgan fingerprint density at radius 2 is 1.83 bits per heavy atom. The highest BCUT2D eigenvalue weighted by molar-refractivity contribution is 6.04. The van der Waals surface area contributed by atoms with Crippen molar-refractivity contribution in [1.82, 2.24) is 4.81 Å². The molecule has 0 atom stereocenters. The summed E-state index contributed by atoms with van der Waals surface area (Å²) >= 11 is 0. The van der Waals surface area contributed by atoms with Gasteiger partial charge in [0, 0.05) is 12.2 Å². The summed E-state index contributed by atoms with van der Waals surface area (Å²) in [5.74, 6) is 0. The van der Waals surface area contributed by atoms with Gasteiger partial charge < -0.3 is 10.1 Å². The minimum Gasteiger partial charge on any atom is -0.385 e. The molecule has 18 heavy (non-hydrogen) atoms. The molecule has 0 saturated carbocycles. The monoisotopic (exact) mass is 242 g/mol. The Bertz CT molecular complexity index is 468. The highest BCUT2D eigenvalue weighted by atomic mass is 15.0. The zero-order valence-corrected chi connectivity index (χ0v) is 11.8. The van der Waals surface area contributed by atoms with Gasteiger partial charge in [0.15, 0.2) is 7.98 Å².